The molecule has 18 heavy (non-hydrogen) atoms. The second-order valence-corrected chi connectivity index (χ2v) is 5.34. The highest BCUT2D eigenvalue weighted by Gasteiger charge is 2.43. The van der Waals surface area contributed by atoms with Gasteiger partial charge in [-0.25, -0.2) is 9.97 Å². The summed E-state index contributed by atoms with van der Waals surface area (Å²) in [6.07, 6.45) is 3.44. The number of aryl methyl sites for hydroxylation is 1. The predicted octanol–water partition coefficient (Wildman–Crippen LogP) is 3.91. The molecule has 3 heteroatoms. The Morgan fingerprint density at radius 3 is 2.39 bits per heavy atom. The Labute approximate surface area is 112 Å². The van der Waals surface area contributed by atoms with Crippen molar-refractivity contribution in [3.63, 3.8) is 0 Å². The fraction of sp³-hybridized carbons (Fsp3) is 0.333. The van der Waals surface area contributed by atoms with E-state index in [0.29, 0.717) is 5.15 Å². The van der Waals surface area contributed by atoms with E-state index in [1.165, 1.54) is 12.0 Å². The van der Waals surface area contributed by atoms with Crippen LogP contribution in [0.4, 0.5) is 0 Å². The van der Waals surface area contributed by atoms with E-state index in [0.717, 1.165) is 24.4 Å². The van der Waals surface area contributed by atoms with Gasteiger partial charge in [-0.2, -0.15) is 0 Å². The van der Waals surface area contributed by atoms with Crippen LogP contribution in [0.2, 0.25) is 5.15 Å². The Bertz CT molecular complexity index is 542. The minimum absolute atomic E-state index is 0.0169. The van der Waals surface area contributed by atoms with Gasteiger partial charge in [-0.3, -0.25) is 0 Å². The fourth-order valence-electron chi connectivity index (χ4n) is 2.67. The second kappa shape index (κ2) is 4.36. The quantitative estimate of drug-likeness (QED) is 0.764. The molecule has 92 valence electrons. The van der Waals surface area contributed by atoms with Crippen molar-refractivity contribution in [2.45, 2.75) is 31.6 Å². The van der Waals surface area contributed by atoms with Crippen molar-refractivity contribution in [3.8, 4) is 0 Å². The van der Waals surface area contributed by atoms with E-state index in [4.69, 9.17) is 11.6 Å². The third-order valence-electron chi connectivity index (χ3n) is 3.78. The number of hydrogen-bond donors (Lipinski definition) is 0. The molecule has 1 aliphatic rings. The molecule has 0 unspecified atom stereocenters. The molecule has 1 saturated carbocycles. The SMILES string of the molecule is Cc1cc(Cl)nc(C2(c3ccccc3)CCC2)n1. The molecule has 2 nitrogen and oxygen atoms in total. The van der Waals surface area contributed by atoms with Gasteiger partial charge in [0, 0.05) is 5.69 Å². The summed E-state index contributed by atoms with van der Waals surface area (Å²) in [6.45, 7) is 1.97. The standard InChI is InChI=1S/C15H15ClN2/c1-11-10-13(16)18-14(17-11)15(8-5-9-15)12-6-3-2-4-7-12/h2-4,6-7,10H,5,8-9H2,1H3. The lowest BCUT2D eigenvalue weighted by molar-refractivity contribution is 0.284. The molecule has 0 saturated heterocycles. The lowest BCUT2D eigenvalue weighted by Gasteiger charge is -2.41. The van der Waals surface area contributed by atoms with Crippen LogP contribution < -0.4 is 0 Å². The molecule has 0 spiro atoms. The maximum atomic E-state index is 6.07. The maximum Gasteiger partial charge on any atom is 0.140 e. The topological polar surface area (TPSA) is 25.8 Å². The molecule has 2 aromatic rings. The molecule has 0 atom stereocenters. The van der Waals surface area contributed by atoms with Crippen LogP contribution >= 0.6 is 11.6 Å². The van der Waals surface area contributed by atoms with Crippen molar-refractivity contribution in [1.82, 2.24) is 9.97 Å². The van der Waals surface area contributed by atoms with Gasteiger partial charge in [-0.1, -0.05) is 48.4 Å². The highest BCUT2D eigenvalue weighted by atomic mass is 35.5. The van der Waals surface area contributed by atoms with Crippen LogP contribution in [0, 0.1) is 6.92 Å². The zero-order valence-electron chi connectivity index (χ0n) is 10.4. The molecule has 1 fully saturated rings. The van der Waals surface area contributed by atoms with Crippen LogP contribution in [0.3, 0.4) is 0 Å². The maximum absolute atomic E-state index is 6.07. The lowest BCUT2D eigenvalue weighted by atomic mass is 9.64. The van der Waals surface area contributed by atoms with Crippen LogP contribution in [-0.2, 0) is 5.41 Å². The summed E-state index contributed by atoms with van der Waals surface area (Å²) in [5, 5.41) is 0.541. The average Bonchev–Trinajstić information content (AvgIpc) is 2.27. The Hall–Kier alpha value is -1.41. The number of rotatable bonds is 2. The molecule has 1 heterocycles. The zero-order valence-corrected chi connectivity index (χ0v) is 11.1. The first-order valence-electron chi connectivity index (χ1n) is 6.28. The highest BCUT2D eigenvalue weighted by molar-refractivity contribution is 6.29. The van der Waals surface area contributed by atoms with Crippen molar-refractivity contribution < 1.29 is 0 Å². The van der Waals surface area contributed by atoms with E-state index in [9.17, 15) is 0 Å². The average molecular weight is 259 g/mol. The van der Waals surface area contributed by atoms with Gasteiger partial charge in [0.15, 0.2) is 0 Å². The summed E-state index contributed by atoms with van der Waals surface area (Å²) in [6, 6.07) is 12.3. The Morgan fingerprint density at radius 2 is 1.83 bits per heavy atom. The first-order chi connectivity index (χ1) is 8.71. The van der Waals surface area contributed by atoms with E-state index in [2.05, 4.69) is 34.2 Å². The Balaban J connectivity index is 2.12. The molecule has 1 aliphatic carbocycles. The third kappa shape index (κ3) is 1.81. The molecule has 1 aromatic heterocycles. The fourth-order valence-corrected chi connectivity index (χ4v) is 2.91. The van der Waals surface area contributed by atoms with E-state index < -0.39 is 0 Å². The highest BCUT2D eigenvalue weighted by Crippen LogP contribution is 2.47. The number of nitrogens with zero attached hydrogens (tertiary/aromatic N) is 2. The summed E-state index contributed by atoms with van der Waals surface area (Å²) >= 11 is 6.07. The largest absolute Gasteiger partial charge is 0.237 e. The Kier molecular flexibility index (Phi) is 2.83. The Morgan fingerprint density at radius 1 is 1.11 bits per heavy atom. The van der Waals surface area contributed by atoms with Gasteiger partial charge in [0.05, 0.1) is 5.41 Å². The summed E-state index contributed by atoms with van der Waals surface area (Å²) in [5.74, 6) is 0.880. The molecule has 0 N–H and O–H groups in total. The monoisotopic (exact) mass is 258 g/mol. The molecule has 0 radical (unpaired) electrons. The number of benzene rings is 1. The first kappa shape index (κ1) is 11.7. The summed E-state index contributed by atoms with van der Waals surface area (Å²) in [4.78, 5) is 9.07. The van der Waals surface area contributed by atoms with Gasteiger partial charge < -0.3 is 0 Å². The normalized spacial score (nSPS) is 17.2. The van der Waals surface area contributed by atoms with Gasteiger partial charge in [-0.05, 0) is 31.4 Å². The molecular weight excluding hydrogens is 244 g/mol. The summed E-state index contributed by atoms with van der Waals surface area (Å²) in [7, 11) is 0. The van der Waals surface area contributed by atoms with Crippen LogP contribution in [-0.4, -0.2) is 9.97 Å². The van der Waals surface area contributed by atoms with Gasteiger partial charge in [0.1, 0.15) is 11.0 Å². The van der Waals surface area contributed by atoms with Crippen molar-refractivity contribution in [2.24, 2.45) is 0 Å². The lowest BCUT2D eigenvalue weighted by Crippen LogP contribution is -2.37. The van der Waals surface area contributed by atoms with Crippen LogP contribution in [0.5, 0.6) is 0 Å². The molecule has 0 bridgehead atoms. The second-order valence-electron chi connectivity index (χ2n) is 4.96. The van der Waals surface area contributed by atoms with Crippen LogP contribution in [0.15, 0.2) is 36.4 Å². The van der Waals surface area contributed by atoms with E-state index in [-0.39, 0.29) is 5.41 Å². The predicted molar refractivity (Wildman–Crippen MR) is 72.9 cm³/mol. The molecule has 0 amide bonds. The molecular formula is C15H15ClN2. The van der Waals surface area contributed by atoms with Crippen molar-refractivity contribution in [3.05, 3.63) is 58.6 Å². The number of halogens is 1. The van der Waals surface area contributed by atoms with E-state index in [1.54, 1.807) is 0 Å². The smallest absolute Gasteiger partial charge is 0.140 e. The molecule has 3 rings (SSSR count). The summed E-state index contributed by atoms with van der Waals surface area (Å²) < 4.78 is 0. The van der Waals surface area contributed by atoms with Gasteiger partial charge in [0.25, 0.3) is 0 Å². The first-order valence-corrected chi connectivity index (χ1v) is 6.66. The van der Waals surface area contributed by atoms with Gasteiger partial charge >= 0.3 is 0 Å². The van der Waals surface area contributed by atoms with Crippen molar-refractivity contribution >= 4 is 11.6 Å². The number of hydrogen-bond acceptors (Lipinski definition) is 2. The van der Waals surface area contributed by atoms with Crippen molar-refractivity contribution in [2.75, 3.05) is 0 Å². The summed E-state index contributed by atoms with van der Waals surface area (Å²) in [5.41, 5.74) is 2.22. The van der Waals surface area contributed by atoms with Crippen molar-refractivity contribution in [1.29, 1.82) is 0 Å². The molecule has 0 aliphatic heterocycles. The van der Waals surface area contributed by atoms with E-state index >= 15 is 0 Å². The molecule has 1 aromatic carbocycles. The van der Waals surface area contributed by atoms with Gasteiger partial charge in [-0.15, -0.1) is 0 Å². The minimum atomic E-state index is -0.0169. The van der Waals surface area contributed by atoms with Gasteiger partial charge in [0.2, 0.25) is 0 Å². The van der Waals surface area contributed by atoms with Crippen LogP contribution in [0.1, 0.15) is 36.3 Å². The third-order valence-corrected chi connectivity index (χ3v) is 3.98. The zero-order chi connectivity index (χ0) is 12.6. The number of aromatic nitrogens is 2. The van der Waals surface area contributed by atoms with E-state index in [1.807, 2.05) is 19.1 Å². The van der Waals surface area contributed by atoms with Crippen LogP contribution in [0.25, 0.3) is 0 Å². The minimum Gasteiger partial charge on any atom is -0.237 e.